The molecular weight excluding hydrogens is 951 g/mol. The van der Waals surface area contributed by atoms with Crippen molar-refractivity contribution in [2.45, 2.75) is 88.0 Å². The second kappa shape index (κ2) is 27.7. The fraction of sp³-hybridized carbons (Fsp3) is 0.436. The van der Waals surface area contributed by atoms with Crippen LogP contribution < -0.4 is 65.3 Å². The predicted octanol–water partition coefficient (Wildman–Crippen LogP) is -5.15. The molecule has 70 heavy (non-hydrogen) atoms. The van der Waals surface area contributed by atoms with Crippen molar-refractivity contribution in [3.8, 4) is 0 Å². The fourth-order valence-corrected chi connectivity index (χ4v) is 6.33. The van der Waals surface area contributed by atoms with E-state index in [1.165, 1.54) is 18.3 Å². The van der Waals surface area contributed by atoms with Crippen molar-refractivity contribution in [2.24, 2.45) is 11.5 Å². The number of nitrogens with one attached hydrogen (secondary N) is 9. The monoisotopic (exact) mass is 1000 g/mol. The Morgan fingerprint density at radius 1 is 0.686 bits per heavy atom. The van der Waals surface area contributed by atoms with Crippen LogP contribution in [-0.4, -0.2) is 155 Å². The van der Waals surface area contributed by atoms with Gasteiger partial charge in [-0.05, 0) is 50.1 Å². The highest BCUT2D eigenvalue weighted by atomic mass is 32.1. The van der Waals surface area contributed by atoms with Crippen molar-refractivity contribution in [1.29, 1.82) is 0 Å². The van der Waals surface area contributed by atoms with Crippen LogP contribution in [0, 0.1) is 0 Å². The molecule has 0 aliphatic rings. The van der Waals surface area contributed by atoms with Gasteiger partial charge < -0.3 is 74.8 Å². The molecule has 0 aliphatic heterocycles. The zero-order valence-electron chi connectivity index (χ0n) is 36.9. The van der Waals surface area contributed by atoms with Crippen LogP contribution in [0.4, 0.5) is 11.6 Å². The van der Waals surface area contributed by atoms with E-state index >= 15 is 0 Å². The predicted molar refractivity (Wildman–Crippen MR) is 245 cm³/mol. The Kier molecular flexibility index (Phi) is 22.3. The third-order valence-electron chi connectivity index (χ3n) is 9.51. The number of nitrogens with zero attached hydrogens (tertiary/aromatic N) is 3. The molecule has 2 heterocycles. The van der Waals surface area contributed by atoms with Crippen LogP contribution in [0.25, 0.3) is 11.2 Å². The van der Waals surface area contributed by atoms with Gasteiger partial charge in [-0.2, -0.15) is 17.6 Å². The molecule has 1 aromatic carbocycles. The molecule has 0 saturated heterocycles. The summed E-state index contributed by atoms with van der Waals surface area (Å²) in [7, 11) is 0. The van der Waals surface area contributed by atoms with Crippen LogP contribution >= 0.6 is 12.6 Å². The first-order chi connectivity index (χ1) is 33.1. The molecule has 31 heteroatoms. The number of hydrogen-bond acceptors (Lipinski definition) is 20. The van der Waals surface area contributed by atoms with Gasteiger partial charge in [-0.3, -0.25) is 58.2 Å². The number of carboxylic acids is 4. The number of carbonyl (C=O) groups excluding carboxylic acids is 6. The number of aromatic nitrogens is 4. The van der Waals surface area contributed by atoms with Crippen molar-refractivity contribution < 1.29 is 68.4 Å². The lowest BCUT2D eigenvalue weighted by Crippen LogP contribution is -2.59. The van der Waals surface area contributed by atoms with Crippen molar-refractivity contribution in [3.05, 3.63) is 52.1 Å². The van der Waals surface area contributed by atoms with Gasteiger partial charge in [-0.15, -0.1) is 0 Å². The molecule has 3 aromatic rings. The van der Waals surface area contributed by atoms with Gasteiger partial charge in [0, 0.05) is 30.0 Å². The number of H-pyrrole nitrogens is 1. The highest BCUT2D eigenvalue weighted by Crippen LogP contribution is 2.12. The number of carbonyl (C=O) groups is 10. The molecule has 2 aromatic heterocycles. The minimum Gasteiger partial charge on any atom is -0.481 e. The van der Waals surface area contributed by atoms with Gasteiger partial charge in [0.05, 0.1) is 37.7 Å². The minimum absolute atomic E-state index is 0.00744. The van der Waals surface area contributed by atoms with Gasteiger partial charge in [0.2, 0.25) is 35.5 Å². The zero-order valence-corrected chi connectivity index (χ0v) is 37.8. The second-order valence-corrected chi connectivity index (χ2v) is 15.4. The third kappa shape index (κ3) is 19.3. The molecule has 0 bridgehead atoms. The van der Waals surface area contributed by atoms with E-state index in [2.05, 4.69) is 64.5 Å². The minimum atomic E-state index is -2.03. The normalized spacial score (nSPS) is 13.1. The summed E-state index contributed by atoms with van der Waals surface area (Å²) in [4.78, 5) is 152. The summed E-state index contributed by atoms with van der Waals surface area (Å²) < 4.78 is 0. The SMILES string of the molecule is Nc1nc2ncc(CNc3ccc(C(=O)NCCCC(=O)N[C@H](CC(=O)O)C(=O)N[C@H](CCCNC(N)N)C(=O)N[C@H](CC(=O)O)C(=O)N[C@H](CC(=O)O)C(=O)N[C@@H](CS)C(=O)O)cc3)nc2c(=O)[nH]1. The van der Waals surface area contributed by atoms with E-state index in [4.69, 9.17) is 17.2 Å². The molecule has 0 fully saturated rings. The number of nitrogen functional groups attached to an aromatic ring is 1. The van der Waals surface area contributed by atoms with Gasteiger partial charge in [0.15, 0.2) is 11.2 Å². The Hall–Kier alpha value is -8.03. The first-order valence-electron chi connectivity index (χ1n) is 20.9. The maximum absolute atomic E-state index is 13.6. The summed E-state index contributed by atoms with van der Waals surface area (Å²) in [6.07, 6.45) is -3.36. The number of fused-ring (bicyclic) bond motifs is 1. The molecule has 3 rings (SSSR count). The van der Waals surface area contributed by atoms with Gasteiger partial charge in [-0.25, -0.2) is 14.8 Å². The maximum atomic E-state index is 13.6. The van der Waals surface area contributed by atoms with E-state index in [9.17, 15) is 73.2 Å². The van der Waals surface area contributed by atoms with Gasteiger partial charge in [-0.1, -0.05) is 0 Å². The number of benzene rings is 1. The summed E-state index contributed by atoms with van der Waals surface area (Å²) in [5.74, 6) is -13.3. The lowest BCUT2D eigenvalue weighted by molar-refractivity contribution is -0.144. The van der Waals surface area contributed by atoms with E-state index < -0.39 is 126 Å². The van der Waals surface area contributed by atoms with Crippen LogP contribution in [-0.2, 0) is 49.7 Å². The van der Waals surface area contributed by atoms with E-state index in [-0.39, 0.29) is 68.0 Å². The molecule has 0 radical (unpaired) electrons. The van der Waals surface area contributed by atoms with Crippen LogP contribution in [0.2, 0.25) is 0 Å². The Bertz CT molecular complexity index is 2460. The number of hydrogen-bond donors (Lipinski definition) is 17. The fourth-order valence-electron chi connectivity index (χ4n) is 6.08. The van der Waals surface area contributed by atoms with E-state index in [1.807, 2.05) is 10.6 Å². The van der Waals surface area contributed by atoms with Crippen LogP contribution in [0.15, 0.2) is 35.3 Å². The van der Waals surface area contributed by atoms with Crippen molar-refractivity contribution in [3.63, 3.8) is 0 Å². The van der Waals surface area contributed by atoms with Crippen molar-refractivity contribution >= 4 is 94.7 Å². The Labute approximate surface area is 400 Å². The number of amides is 6. The average molecular weight is 1000 g/mol. The summed E-state index contributed by atoms with van der Waals surface area (Å²) in [6.45, 7) is 0.185. The number of aromatic amines is 1. The quantitative estimate of drug-likeness (QED) is 0.0169. The smallest absolute Gasteiger partial charge is 0.327 e. The number of rotatable bonds is 30. The number of anilines is 2. The van der Waals surface area contributed by atoms with Gasteiger partial charge in [0.25, 0.3) is 11.5 Å². The molecule has 5 atom stereocenters. The van der Waals surface area contributed by atoms with Crippen molar-refractivity contribution in [2.75, 3.05) is 29.9 Å². The largest absolute Gasteiger partial charge is 0.481 e. The Morgan fingerprint density at radius 2 is 1.21 bits per heavy atom. The molecule has 19 N–H and O–H groups in total. The molecule has 30 nitrogen and oxygen atoms in total. The number of carboxylic acid groups (broad SMARTS) is 4. The molecular formula is C39H53N15O15S. The number of nitrogens with two attached hydrogens (primary N) is 3. The topological polar surface area (TPSA) is 497 Å². The number of aliphatic carboxylic acids is 4. The van der Waals surface area contributed by atoms with E-state index in [1.54, 1.807) is 12.1 Å². The summed E-state index contributed by atoms with van der Waals surface area (Å²) in [6, 6.07) is -2.80. The number of thiol groups is 1. The van der Waals surface area contributed by atoms with Gasteiger partial charge >= 0.3 is 23.9 Å². The van der Waals surface area contributed by atoms with Crippen LogP contribution in [0.3, 0.4) is 0 Å². The first-order valence-corrected chi connectivity index (χ1v) is 21.6. The van der Waals surface area contributed by atoms with Crippen LogP contribution in [0.1, 0.15) is 61.0 Å². The third-order valence-corrected chi connectivity index (χ3v) is 9.87. The first kappa shape index (κ1) is 56.3. The molecule has 0 spiro atoms. The van der Waals surface area contributed by atoms with Gasteiger partial charge in [0.1, 0.15) is 36.5 Å². The maximum Gasteiger partial charge on any atom is 0.327 e. The summed E-state index contributed by atoms with van der Waals surface area (Å²) in [5, 5.41) is 56.6. The lowest BCUT2D eigenvalue weighted by Gasteiger charge is -2.26. The molecule has 0 unspecified atom stereocenters. The molecule has 6 amide bonds. The zero-order chi connectivity index (χ0) is 52.1. The lowest BCUT2D eigenvalue weighted by atomic mass is 10.1. The highest BCUT2D eigenvalue weighted by molar-refractivity contribution is 7.80. The summed E-state index contributed by atoms with van der Waals surface area (Å²) >= 11 is 3.80. The summed E-state index contributed by atoms with van der Waals surface area (Å²) in [5.41, 5.74) is 17.3. The Balaban J connectivity index is 1.62. The standard InChI is InChI=1S/C39H53N15O15S/c40-38(41)44-10-1-3-20(32(63)50-22(12-27(58)59)34(65)51-23(13-28(60)61)35(66)52-24(16-70)37(68)69)49-33(64)21(11-26(56)57)48-25(55)4-2-9-43-31(62)17-5-7-18(8-6-17)45-14-19-15-46-30-29(47-19)36(67)54-39(42)53-30/h5-8,15,20-24,38,44-45,70H,1-4,9-14,16,40-41H2,(H,43,62)(H,48,55)(H,49,64)(H,50,63)(H,51,65)(H,52,66)(H,56,57)(H,58,59)(H,60,61)(H,68,69)(H3,42,46,53,54,67)/t20-,21-,22-,23-,24+/m1/s1. The Morgan fingerprint density at radius 3 is 1.74 bits per heavy atom. The molecule has 380 valence electrons. The van der Waals surface area contributed by atoms with E-state index in [0.717, 1.165) is 0 Å². The highest BCUT2D eigenvalue weighted by Gasteiger charge is 2.34. The average Bonchev–Trinajstić information content (AvgIpc) is 3.28. The van der Waals surface area contributed by atoms with E-state index in [0.29, 0.717) is 11.4 Å². The molecule has 0 aliphatic carbocycles. The van der Waals surface area contributed by atoms with Crippen LogP contribution in [0.5, 0.6) is 0 Å². The molecule has 0 saturated carbocycles. The second-order valence-electron chi connectivity index (χ2n) is 15.1. The van der Waals surface area contributed by atoms with Crippen molar-refractivity contribution in [1.82, 2.24) is 57.2 Å².